The lowest BCUT2D eigenvalue weighted by Gasteiger charge is -2.46. The minimum Gasteiger partial charge on any atom is -0.339 e. The summed E-state index contributed by atoms with van der Waals surface area (Å²) in [4.78, 5) is 9.69. The molecule has 0 aromatic carbocycles. The van der Waals surface area contributed by atoms with Crippen LogP contribution >= 0.6 is 0 Å². The predicted octanol–water partition coefficient (Wildman–Crippen LogP) is 0.674. The SMILES string of the molecule is C1CC(CCc2nc(C3CN4CCN3CC4)no2)CCN1. The largest absolute Gasteiger partial charge is 0.339 e. The quantitative estimate of drug-likeness (QED) is 0.880. The van der Waals surface area contributed by atoms with Gasteiger partial charge < -0.3 is 9.84 Å². The molecule has 1 aromatic rings. The second kappa shape index (κ2) is 6.02. The molecule has 21 heavy (non-hydrogen) atoms. The van der Waals surface area contributed by atoms with Crippen LogP contribution in [-0.4, -0.2) is 65.8 Å². The van der Waals surface area contributed by atoms with Crippen molar-refractivity contribution < 1.29 is 4.52 Å². The minimum absolute atomic E-state index is 0.351. The zero-order chi connectivity index (χ0) is 14.1. The molecule has 5 rings (SSSR count). The Hall–Kier alpha value is -0.980. The molecule has 1 aromatic heterocycles. The van der Waals surface area contributed by atoms with Gasteiger partial charge in [0.25, 0.3) is 0 Å². The lowest BCUT2D eigenvalue weighted by atomic mass is 9.93. The first kappa shape index (κ1) is 13.7. The van der Waals surface area contributed by atoms with Crippen LogP contribution in [0, 0.1) is 5.92 Å². The van der Waals surface area contributed by atoms with Crippen molar-refractivity contribution in [3.63, 3.8) is 0 Å². The zero-order valence-corrected chi connectivity index (χ0v) is 12.6. The van der Waals surface area contributed by atoms with Gasteiger partial charge in [-0.05, 0) is 38.3 Å². The molecule has 0 amide bonds. The number of nitrogens with zero attached hydrogens (tertiary/aromatic N) is 4. The Balaban J connectivity index is 1.35. The van der Waals surface area contributed by atoms with Crippen molar-refractivity contribution in [3.05, 3.63) is 11.7 Å². The van der Waals surface area contributed by atoms with Crippen LogP contribution in [0.2, 0.25) is 0 Å². The number of rotatable bonds is 4. The van der Waals surface area contributed by atoms with Crippen molar-refractivity contribution in [3.8, 4) is 0 Å². The van der Waals surface area contributed by atoms with Gasteiger partial charge in [0.1, 0.15) is 0 Å². The summed E-state index contributed by atoms with van der Waals surface area (Å²) in [5.41, 5.74) is 0. The van der Waals surface area contributed by atoms with E-state index in [1.165, 1.54) is 32.4 Å². The topological polar surface area (TPSA) is 57.4 Å². The average Bonchev–Trinajstić information content (AvgIpc) is 3.04. The fourth-order valence-electron chi connectivity index (χ4n) is 3.87. The fraction of sp³-hybridized carbons (Fsp3) is 0.867. The van der Waals surface area contributed by atoms with E-state index in [1.807, 2.05) is 0 Å². The van der Waals surface area contributed by atoms with Crippen LogP contribution in [-0.2, 0) is 6.42 Å². The molecule has 4 fully saturated rings. The van der Waals surface area contributed by atoms with Crippen molar-refractivity contribution in [2.45, 2.75) is 31.7 Å². The molecular formula is C15H25N5O. The van der Waals surface area contributed by atoms with Gasteiger partial charge in [-0.15, -0.1) is 0 Å². The molecule has 116 valence electrons. The summed E-state index contributed by atoms with van der Waals surface area (Å²) in [5.74, 6) is 2.56. The molecule has 6 heteroatoms. The summed E-state index contributed by atoms with van der Waals surface area (Å²) in [6.45, 7) is 8.05. The molecule has 2 bridgehead atoms. The van der Waals surface area contributed by atoms with Crippen molar-refractivity contribution in [2.24, 2.45) is 5.92 Å². The Morgan fingerprint density at radius 3 is 2.67 bits per heavy atom. The molecule has 4 aliphatic rings. The molecule has 0 spiro atoms. The Kier molecular flexibility index (Phi) is 3.92. The van der Waals surface area contributed by atoms with Gasteiger partial charge in [0, 0.05) is 39.1 Å². The lowest BCUT2D eigenvalue weighted by Crippen LogP contribution is -2.57. The van der Waals surface area contributed by atoms with E-state index in [2.05, 4.69) is 25.3 Å². The highest BCUT2D eigenvalue weighted by Gasteiger charge is 2.35. The summed E-state index contributed by atoms with van der Waals surface area (Å²) in [7, 11) is 0. The molecule has 1 atom stereocenters. The Morgan fingerprint density at radius 1 is 1.14 bits per heavy atom. The van der Waals surface area contributed by atoms with Gasteiger partial charge in [0.15, 0.2) is 5.82 Å². The van der Waals surface area contributed by atoms with Crippen LogP contribution in [0.25, 0.3) is 0 Å². The van der Waals surface area contributed by atoms with E-state index >= 15 is 0 Å². The van der Waals surface area contributed by atoms with E-state index in [9.17, 15) is 0 Å². The molecule has 0 aliphatic carbocycles. The van der Waals surface area contributed by atoms with E-state index in [0.717, 1.165) is 56.8 Å². The molecule has 0 saturated carbocycles. The Bertz CT molecular complexity index is 462. The summed E-state index contributed by atoms with van der Waals surface area (Å²) in [6, 6.07) is 0.351. The maximum absolute atomic E-state index is 5.49. The number of hydrogen-bond acceptors (Lipinski definition) is 6. The van der Waals surface area contributed by atoms with Gasteiger partial charge in [0.05, 0.1) is 6.04 Å². The summed E-state index contributed by atoms with van der Waals surface area (Å²) in [6.07, 6.45) is 4.69. The van der Waals surface area contributed by atoms with Crippen LogP contribution in [0.5, 0.6) is 0 Å². The van der Waals surface area contributed by atoms with Crippen molar-refractivity contribution in [1.29, 1.82) is 0 Å². The molecule has 6 nitrogen and oxygen atoms in total. The summed E-state index contributed by atoms with van der Waals surface area (Å²) >= 11 is 0. The van der Waals surface area contributed by atoms with Crippen LogP contribution in [0.15, 0.2) is 4.52 Å². The smallest absolute Gasteiger partial charge is 0.226 e. The summed E-state index contributed by atoms with van der Waals surface area (Å²) < 4.78 is 5.49. The van der Waals surface area contributed by atoms with Gasteiger partial charge in [-0.3, -0.25) is 9.80 Å². The Labute approximate surface area is 125 Å². The second-order valence-corrected chi connectivity index (χ2v) is 6.63. The lowest BCUT2D eigenvalue weighted by molar-refractivity contribution is 0.00781. The third-order valence-corrected chi connectivity index (χ3v) is 5.29. The first-order chi connectivity index (χ1) is 10.4. The second-order valence-electron chi connectivity index (χ2n) is 6.63. The highest BCUT2D eigenvalue weighted by Crippen LogP contribution is 2.27. The third kappa shape index (κ3) is 2.98. The van der Waals surface area contributed by atoms with Crippen molar-refractivity contribution in [2.75, 3.05) is 45.8 Å². The normalized spacial score (nSPS) is 33.4. The maximum Gasteiger partial charge on any atom is 0.226 e. The van der Waals surface area contributed by atoms with E-state index in [4.69, 9.17) is 4.52 Å². The number of hydrogen-bond donors (Lipinski definition) is 1. The molecule has 4 aliphatic heterocycles. The Morgan fingerprint density at radius 2 is 1.95 bits per heavy atom. The van der Waals surface area contributed by atoms with Crippen LogP contribution < -0.4 is 5.32 Å². The number of fused-ring (bicyclic) bond motifs is 3. The van der Waals surface area contributed by atoms with Crippen LogP contribution in [0.1, 0.15) is 37.0 Å². The minimum atomic E-state index is 0.351. The van der Waals surface area contributed by atoms with Gasteiger partial charge in [0.2, 0.25) is 5.89 Å². The standard InChI is InChI=1S/C15H25N5O/c1(12-3-5-16-6-4-12)2-14-17-15(18-21-14)13-11-19-7-9-20(13)10-8-19/h12-13,16H,1-11H2. The molecule has 5 heterocycles. The molecule has 0 radical (unpaired) electrons. The van der Waals surface area contributed by atoms with Gasteiger partial charge in [-0.25, -0.2) is 0 Å². The molecular weight excluding hydrogens is 266 g/mol. The van der Waals surface area contributed by atoms with E-state index < -0.39 is 0 Å². The molecule has 4 saturated heterocycles. The molecule has 1 N–H and O–H groups in total. The van der Waals surface area contributed by atoms with Gasteiger partial charge in [-0.2, -0.15) is 4.98 Å². The van der Waals surface area contributed by atoms with Gasteiger partial charge >= 0.3 is 0 Å². The van der Waals surface area contributed by atoms with E-state index in [-0.39, 0.29) is 0 Å². The van der Waals surface area contributed by atoms with Crippen molar-refractivity contribution in [1.82, 2.24) is 25.3 Å². The average molecular weight is 291 g/mol. The number of aromatic nitrogens is 2. The van der Waals surface area contributed by atoms with Crippen LogP contribution in [0.4, 0.5) is 0 Å². The van der Waals surface area contributed by atoms with Crippen LogP contribution in [0.3, 0.4) is 0 Å². The molecule has 1 unspecified atom stereocenters. The number of piperidine rings is 1. The number of aryl methyl sites for hydroxylation is 1. The number of piperazine rings is 3. The zero-order valence-electron chi connectivity index (χ0n) is 12.6. The monoisotopic (exact) mass is 291 g/mol. The van der Waals surface area contributed by atoms with E-state index in [1.54, 1.807) is 0 Å². The first-order valence-electron chi connectivity index (χ1n) is 8.38. The maximum atomic E-state index is 5.49. The predicted molar refractivity (Wildman–Crippen MR) is 79.0 cm³/mol. The summed E-state index contributed by atoms with van der Waals surface area (Å²) in [5, 5.41) is 7.67. The highest BCUT2D eigenvalue weighted by molar-refractivity contribution is 5.01. The highest BCUT2D eigenvalue weighted by atomic mass is 16.5. The first-order valence-corrected chi connectivity index (χ1v) is 8.38. The van der Waals surface area contributed by atoms with Gasteiger partial charge in [-0.1, -0.05) is 5.16 Å². The third-order valence-electron chi connectivity index (χ3n) is 5.29. The van der Waals surface area contributed by atoms with E-state index in [0.29, 0.717) is 6.04 Å². The van der Waals surface area contributed by atoms with Crippen molar-refractivity contribution >= 4 is 0 Å². The number of nitrogens with one attached hydrogen (secondary N) is 1. The fourth-order valence-corrected chi connectivity index (χ4v) is 3.87.